The van der Waals surface area contributed by atoms with E-state index in [1.165, 1.54) is 11.8 Å². The van der Waals surface area contributed by atoms with E-state index in [-0.39, 0.29) is 34.2 Å². The van der Waals surface area contributed by atoms with Crippen molar-refractivity contribution in [2.45, 2.75) is 38.3 Å². The zero-order chi connectivity index (χ0) is 18.1. The first-order valence-electron chi connectivity index (χ1n) is 8.09. The largest absolute Gasteiger partial charge is 0.376 e. The van der Waals surface area contributed by atoms with Crippen LogP contribution in [-0.4, -0.2) is 47.9 Å². The molecule has 6 nitrogen and oxygen atoms in total. The highest BCUT2D eigenvalue weighted by atomic mass is 35.5. The lowest BCUT2D eigenvalue weighted by molar-refractivity contribution is -0.138. The molecule has 2 heterocycles. The average molecular weight is 385 g/mol. The van der Waals surface area contributed by atoms with Gasteiger partial charge in [-0.3, -0.25) is 14.4 Å². The molecule has 3 rings (SSSR count). The summed E-state index contributed by atoms with van der Waals surface area (Å²) in [6.45, 7) is 2.33. The molecule has 134 valence electrons. The lowest BCUT2D eigenvalue weighted by atomic mass is 10.1. The highest BCUT2D eigenvalue weighted by Crippen LogP contribution is 2.37. The van der Waals surface area contributed by atoms with Gasteiger partial charge >= 0.3 is 0 Å². The summed E-state index contributed by atoms with van der Waals surface area (Å²) in [5.41, 5.74) is 0.170. The standard InChI is InChI=1S/C17H18Cl2N2O4/c1-10(22)20(9-11-4-3-7-25-11)14-8-15(23)21(17(14)24)16-12(18)5-2-6-13(16)19/h2,5-6,11,14H,3-4,7-9H2,1H3/t11-,14-/m1/s1. The highest BCUT2D eigenvalue weighted by molar-refractivity contribution is 6.42. The van der Waals surface area contributed by atoms with Crippen LogP contribution in [0, 0.1) is 0 Å². The van der Waals surface area contributed by atoms with E-state index in [0.29, 0.717) is 13.2 Å². The number of amides is 3. The number of hydrogen-bond acceptors (Lipinski definition) is 4. The molecule has 0 bridgehead atoms. The van der Waals surface area contributed by atoms with E-state index in [1.54, 1.807) is 18.2 Å². The molecular formula is C17H18Cl2N2O4. The number of hydrogen-bond donors (Lipinski definition) is 0. The predicted molar refractivity (Wildman–Crippen MR) is 93.7 cm³/mol. The summed E-state index contributed by atoms with van der Waals surface area (Å²) in [5, 5.41) is 0.423. The van der Waals surface area contributed by atoms with Crippen molar-refractivity contribution >= 4 is 46.6 Å². The van der Waals surface area contributed by atoms with Crippen LogP contribution in [0.3, 0.4) is 0 Å². The van der Waals surface area contributed by atoms with Crippen LogP contribution in [0.2, 0.25) is 10.0 Å². The molecule has 0 aliphatic carbocycles. The Kier molecular flexibility index (Phi) is 5.32. The zero-order valence-corrected chi connectivity index (χ0v) is 15.2. The normalized spacial score (nSPS) is 23.4. The molecule has 3 amide bonds. The third-order valence-electron chi connectivity index (χ3n) is 4.49. The number of anilines is 1. The van der Waals surface area contributed by atoms with E-state index in [1.807, 2.05) is 0 Å². The van der Waals surface area contributed by atoms with Crippen molar-refractivity contribution in [2.24, 2.45) is 0 Å². The SMILES string of the molecule is CC(=O)N(C[C@H]1CCCO1)[C@@H]1CC(=O)N(c2c(Cl)cccc2Cl)C1=O. The Morgan fingerprint density at radius 1 is 1.32 bits per heavy atom. The molecule has 0 N–H and O–H groups in total. The zero-order valence-electron chi connectivity index (χ0n) is 13.7. The molecule has 0 saturated carbocycles. The first kappa shape index (κ1) is 18.2. The maximum absolute atomic E-state index is 12.9. The quantitative estimate of drug-likeness (QED) is 0.748. The molecule has 2 aliphatic rings. The maximum atomic E-state index is 12.9. The number of benzene rings is 1. The number of para-hydroxylation sites is 1. The molecular weight excluding hydrogens is 367 g/mol. The van der Waals surface area contributed by atoms with Crippen molar-refractivity contribution in [3.8, 4) is 0 Å². The minimum absolute atomic E-state index is 0.0906. The van der Waals surface area contributed by atoms with E-state index in [4.69, 9.17) is 27.9 Å². The van der Waals surface area contributed by atoms with Crippen LogP contribution in [-0.2, 0) is 19.1 Å². The second-order valence-electron chi connectivity index (χ2n) is 6.16. The van der Waals surface area contributed by atoms with Crippen LogP contribution in [0.1, 0.15) is 26.2 Å². The van der Waals surface area contributed by atoms with E-state index in [0.717, 1.165) is 17.7 Å². The minimum atomic E-state index is -0.860. The minimum Gasteiger partial charge on any atom is -0.376 e. The molecule has 25 heavy (non-hydrogen) atoms. The van der Waals surface area contributed by atoms with Gasteiger partial charge in [-0.2, -0.15) is 0 Å². The molecule has 8 heteroatoms. The van der Waals surface area contributed by atoms with Gasteiger partial charge < -0.3 is 9.64 Å². The Labute approximate surface area is 155 Å². The van der Waals surface area contributed by atoms with Crippen molar-refractivity contribution in [3.05, 3.63) is 28.2 Å². The second kappa shape index (κ2) is 7.32. The van der Waals surface area contributed by atoms with Gasteiger partial charge in [-0.25, -0.2) is 4.90 Å². The third kappa shape index (κ3) is 3.52. The van der Waals surface area contributed by atoms with Crippen molar-refractivity contribution < 1.29 is 19.1 Å². The number of nitrogens with zero attached hydrogens (tertiary/aromatic N) is 2. The van der Waals surface area contributed by atoms with Crippen molar-refractivity contribution in [3.63, 3.8) is 0 Å². The van der Waals surface area contributed by atoms with Gasteiger partial charge in [-0.1, -0.05) is 29.3 Å². The van der Waals surface area contributed by atoms with Gasteiger partial charge in [0.1, 0.15) is 6.04 Å². The predicted octanol–water partition coefficient (Wildman–Crippen LogP) is 2.65. The fourth-order valence-electron chi connectivity index (χ4n) is 3.28. The first-order valence-corrected chi connectivity index (χ1v) is 8.85. The number of rotatable bonds is 4. The Morgan fingerprint density at radius 3 is 2.56 bits per heavy atom. The fraction of sp³-hybridized carbons (Fsp3) is 0.471. The van der Waals surface area contributed by atoms with E-state index in [2.05, 4.69) is 0 Å². The number of carbonyl (C=O) groups is 3. The molecule has 2 saturated heterocycles. The topological polar surface area (TPSA) is 66.9 Å². The summed E-state index contributed by atoms with van der Waals surface area (Å²) < 4.78 is 5.56. The number of imide groups is 1. The molecule has 0 spiro atoms. The van der Waals surface area contributed by atoms with Crippen LogP contribution < -0.4 is 4.90 Å². The van der Waals surface area contributed by atoms with E-state index >= 15 is 0 Å². The van der Waals surface area contributed by atoms with Crippen LogP contribution in [0.4, 0.5) is 5.69 Å². The number of halogens is 2. The Bertz CT molecular complexity index is 698. The fourth-order valence-corrected chi connectivity index (χ4v) is 3.85. The van der Waals surface area contributed by atoms with Gasteiger partial charge in [-0.15, -0.1) is 0 Å². The summed E-state index contributed by atoms with van der Waals surface area (Å²) in [4.78, 5) is 39.9. The van der Waals surface area contributed by atoms with Gasteiger partial charge in [-0.05, 0) is 25.0 Å². The van der Waals surface area contributed by atoms with Crippen molar-refractivity contribution in [2.75, 3.05) is 18.1 Å². The highest BCUT2D eigenvalue weighted by Gasteiger charge is 2.45. The Balaban J connectivity index is 1.87. The van der Waals surface area contributed by atoms with Gasteiger partial charge in [0.15, 0.2) is 0 Å². The third-order valence-corrected chi connectivity index (χ3v) is 5.10. The van der Waals surface area contributed by atoms with Crippen molar-refractivity contribution in [1.29, 1.82) is 0 Å². The first-order chi connectivity index (χ1) is 11.9. The maximum Gasteiger partial charge on any atom is 0.257 e. The van der Waals surface area contributed by atoms with Crippen LogP contribution in [0.5, 0.6) is 0 Å². The van der Waals surface area contributed by atoms with Gasteiger partial charge in [0.25, 0.3) is 5.91 Å². The summed E-state index contributed by atoms with van der Waals surface area (Å²) >= 11 is 12.3. The molecule has 0 radical (unpaired) electrons. The summed E-state index contributed by atoms with van der Waals surface area (Å²) in [7, 11) is 0. The summed E-state index contributed by atoms with van der Waals surface area (Å²) in [6.07, 6.45) is 1.56. The van der Waals surface area contributed by atoms with Gasteiger partial charge in [0.2, 0.25) is 11.8 Å². The van der Waals surface area contributed by atoms with Crippen LogP contribution in [0.15, 0.2) is 18.2 Å². The van der Waals surface area contributed by atoms with Gasteiger partial charge in [0.05, 0.1) is 28.3 Å². The van der Waals surface area contributed by atoms with E-state index < -0.39 is 17.9 Å². The monoisotopic (exact) mass is 384 g/mol. The Hall–Kier alpha value is -1.63. The van der Waals surface area contributed by atoms with Gasteiger partial charge in [0, 0.05) is 20.1 Å². The molecule has 1 aromatic rings. The molecule has 2 aliphatic heterocycles. The number of ether oxygens (including phenoxy) is 1. The lowest BCUT2D eigenvalue weighted by Crippen LogP contribution is -2.47. The van der Waals surface area contributed by atoms with Crippen molar-refractivity contribution in [1.82, 2.24) is 4.90 Å². The lowest BCUT2D eigenvalue weighted by Gasteiger charge is -2.28. The molecule has 1 aromatic carbocycles. The number of carbonyl (C=O) groups excluding carboxylic acids is 3. The Morgan fingerprint density at radius 2 is 2.00 bits per heavy atom. The second-order valence-corrected chi connectivity index (χ2v) is 6.98. The molecule has 0 aromatic heterocycles. The van der Waals surface area contributed by atoms with Crippen LogP contribution >= 0.6 is 23.2 Å². The van der Waals surface area contributed by atoms with E-state index in [9.17, 15) is 14.4 Å². The molecule has 2 fully saturated rings. The smallest absolute Gasteiger partial charge is 0.257 e. The summed E-state index contributed by atoms with van der Waals surface area (Å²) in [5.74, 6) is -1.19. The van der Waals surface area contributed by atoms with Crippen LogP contribution in [0.25, 0.3) is 0 Å². The molecule has 2 atom stereocenters. The summed E-state index contributed by atoms with van der Waals surface area (Å²) in [6, 6.07) is 3.90. The average Bonchev–Trinajstić information content (AvgIpc) is 3.15. The molecule has 0 unspecified atom stereocenters.